The first-order valence-corrected chi connectivity index (χ1v) is 6.99. The molecule has 6 nitrogen and oxygen atoms in total. The molecule has 21 heavy (non-hydrogen) atoms. The molecule has 0 bridgehead atoms. The monoisotopic (exact) mass is 289 g/mol. The number of hydrogen-bond donors (Lipinski definition) is 1. The summed E-state index contributed by atoms with van der Waals surface area (Å²) in [5.41, 5.74) is 0.816. The smallest absolute Gasteiger partial charge is 0.310 e. The summed E-state index contributed by atoms with van der Waals surface area (Å²) in [7, 11) is 0. The third kappa shape index (κ3) is 3.09. The first-order valence-electron chi connectivity index (χ1n) is 6.99. The molecule has 0 aliphatic carbocycles. The predicted octanol–water partition coefficient (Wildman–Crippen LogP) is 2.87. The summed E-state index contributed by atoms with van der Waals surface area (Å²) in [6.07, 6.45) is 2.94. The van der Waals surface area contributed by atoms with Gasteiger partial charge in [-0.3, -0.25) is 9.78 Å². The van der Waals surface area contributed by atoms with E-state index in [0.29, 0.717) is 30.3 Å². The molecule has 0 saturated carbocycles. The highest BCUT2D eigenvalue weighted by Gasteiger charge is 2.37. The number of pyridine rings is 1. The molecule has 2 rings (SSSR count). The van der Waals surface area contributed by atoms with Gasteiger partial charge in [0.05, 0.1) is 5.41 Å². The first-order chi connectivity index (χ1) is 10.0. The minimum atomic E-state index is -0.857. The standard InChI is InChI=1S/C15H19N3O3/c1-4-15(5-2,14(19)20)9-12-17-13(18-21-12)11-8-10(3)6-7-16-11/h6-8H,4-5,9H2,1-3H3,(H,19,20). The van der Waals surface area contributed by atoms with Crippen molar-refractivity contribution >= 4 is 5.97 Å². The van der Waals surface area contributed by atoms with Gasteiger partial charge in [0, 0.05) is 12.6 Å². The van der Waals surface area contributed by atoms with Crippen molar-refractivity contribution in [1.82, 2.24) is 15.1 Å². The molecule has 0 radical (unpaired) electrons. The van der Waals surface area contributed by atoms with Crippen molar-refractivity contribution in [2.75, 3.05) is 0 Å². The Morgan fingerprint density at radius 2 is 2.10 bits per heavy atom. The highest BCUT2D eigenvalue weighted by molar-refractivity contribution is 5.74. The maximum absolute atomic E-state index is 11.5. The molecule has 0 unspecified atom stereocenters. The van der Waals surface area contributed by atoms with E-state index in [-0.39, 0.29) is 6.42 Å². The minimum Gasteiger partial charge on any atom is -0.481 e. The Kier molecular flexibility index (Phi) is 4.35. The van der Waals surface area contributed by atoms with E-state index >= 15 is 0 Å². The summed E-state index contributed by atoms with van der Waals surface area (Å²) in [5, 5.41) is 13.3. The van der Waals surface area contributed by atoms with Crippen LogP contribution in [0.1, 0.15) is 38.1 Å². The predicted molar refractivity (Wildman–Crippen MR) is 76.6 cm³/mol. The van der Waals surface area contributed by atoms with Crippen molar-refractivity contribution < 1.29 is 14.4 Å². The van der Waals surface area contributed by atoms with Gasteiger partial charge in [-0.2, -0.15) is 4.98 Å². The maximum Gasteiger partial charge on any atom is 0.310 e. The molecular formula is C15H19N3O3. The number of hydrogen-bond acceptors (Lipinski definition) is 5. The van der Waals surface area contributed by atoms with E-state index in [1.165, 1.54) is 0 Å². The van der Waals surface area contributed by atoms with E-state index in [0.717, 1.165) is 5.56 Å². The van der Waals surface area contributed by atoms with Gasteiger partial charge < -0.3 is 9.63 Å². The summed E-state index contributed by atoms with van der Waals surface area (Å²) in [4.78, 5) is 20.0. The number of nitrogens with zero attached hydrogens (tertiary/aromatic N) is 3. The fraction of sp³-hybridized carbons (Fsp3) is 0.467. The molecule has 0 fully saturated rings. The first kappa shape index (κ1) is 15.2. The number of rotatable bonds is 6. The van der Waals surface area contributed by atoms with Crippen LogP contribution in [-0.2, 0) is 11.2 Å². The number of carboxylic acids is 1. The zero-order valence-corrected chi connectivity index (χ0v) is 12.5. The van der Waals surface area contributed by atoms with Gasteiger partial charge in [0.2, 0.25) is 11.7 Å². The Morgan fingerprint density at radius 3 is 2.67 bits per heavy atom. The van der Waals surface area contributed by atoms with Crippen LogP contribution in [-0.4, -0.2) is 26.2 Å². The molecule has 2 aromatic heterocycles. The van der Waals surface area contributed by atoms with Gasteiger partial charge in [-0.05, 0) is 37.5 Å². The van der Waals surface area contributed by atoms with Crippen LogP contribution in [0.5, 0.6) is 0 Å². The molecule has 2 heterocycles. The van der Waals surface area contributed by atoms with Crippen LogP contribution in [0.15, 0.2) is 22.9 Å². The average molecular weight is 289 g/mol. The normalized spacial score (nSPS) is 11.6. The second-order valence-electron chi connectivity index (χ2n) is 5.20. The molecule has 0 amide bonds. The lowest BCUT2D eigenvalue weighted by molar-refractivity contribution is -0.149. The summed E-state index contributed by atoms with van der Waals surface area (Å²) < 4.78 is 5.20. The van der Waals surface area contributed by atoms with Crippen molar-refractivity contribution in [2.24, 2.45) is 5.41 Å². The Labute approximate surface area is 123 Å². The zero-order chi connectivity index (χ0) is 15.5. The Morgan fingerprint density at radius 1 is 1.38 bits per heavy atom. The van der Waals surface area contributed by atoms with Crippen LogP contribution in [0.2, 0.25) is 0 Å². The largest absolute Gasteiger partial charge is 0.481 e. The molecule has 0 aliphatic rings. The molecule has 1 N–H and O–H groups in total. The van der Waals surface area contributed by atoms with Crippen LogP contribution in [0, 0.1) is 12.3 Å². The van der Waals surface area contributed by atoms with Gasteiger partial charge in [0.1, 0.15) is 5.69 Å². The lowest BCUT2D eigenvalue weighted by Crippen LogP contribution is -2.32. The van der Waals surface area contributed by atoms with Gasteiger partial charge in [0.15, 0.2) is 0 Å². The number of carbonyl (C=O) groups is 1. The number of aromatic nitrogens is 3. The van der Waals surface area contributed by atoms with Crippen LogP contribution >= 0.6 is 0 Å². The molecule has 6 heteroatoms. The minimum absolute atomic E-state index is 0.230. The Hall–Kier alpha value is -2.24. The molecule has 0 spiro atoms. The summed E-state index contributed by atoms with van der Waals surface area (Å²) in [6.45, 7) is 5.67. The van der Waals surface area contributed by atoms with E-state index in [2.05, 4.69) is 15.1 Å². The molecule has 0 saturated heterocycles. The SMILES string of the molecule is CCC(CC)(Cc1nc(-c2cc(C)ccn2)no1)C(=O)O. The van der Waals surface area contributed by atoms with Gasteiger partial charge in [-0.25, -0.2) is 0 Å². The molecule has 2 aromatic rings. The third-order valence-corrected chi connectivity index (χ3v) is 3.91. The van der Waals surface area contributed by atoms with Crippen LogP contribution < -0.4 is 0 Å². The second kappa shape index (κ2) is 6.03. The topological polar surface area (TPSA) is 89.1 Å². The molecule has 0 atom stereocenters. The highest BCUT2D eigenvalue weighted by Crippen LogP contribution is 2.31. The molecule has 0 aliphatic heterocycles. The van der Waals surface area contributed by atoms with Gasteiger partial charge >= 0.3 is 5.97 Å². The summed E-state index contributed by atoms with van der Waals surface area (Å²) in [5.74, 6) is -0.111. The highest BCUT2D eigenvalue weighted by atomic mass is 16.5. The average Bonchev–Trinajstić information content (AvgIpc) is 2.93. The van der Waals surface area contributed by atoms with Crippen LogP contribution in [0.4, 0.5) is 0 Å². The zero-order valence-electron chi connectivity index (χ0n) is 12.5. The van der Waals surface area contributed by atoms with E-state index < -0.39 is 11.4 Å². The second-order valence-corrected chi connectivity index (χ2v) is 5.20. The van der Waals surface area contributed by atoms with Gasteiger partial charge in [-0.15, -0.1) is 0 Å². The van der Waals surface area contributed by atoms with Crippen LogP contribution in [0.25, 0.3) is 11.5 Å². The van der Waals surface area contributed by atoms with Crippen molar-refractivity contribution in [1.29, 1.82) is 0 Å². The number of carboxylic acid groups (broad SMARTS) is 1. The van der Waals surface area contributed by atoms with Crippen molar-refractivity contribution in [2.45, 2.75) is 40.0 Å². The Bertz CT molecular complexity index is 633. The third-order valence-electron chi connectivity index (χ3n) is 3.91. The van der Waals surface area contributed by atoms with Crippen molar-refractivity contribution in [3.8, 4) is 11.5 Å². The van der Waals surface area contributed by atoms with E-state index in [1.807, 2.05) is 32.9 Å². The number of aliphatic carboxylic acids is 1. The van der Waals surface area contributed by atoms with E-state index in [9.17, 15) is 9.90 Å². The Balaban J connectivity index is 2.26. The maximum atomic E-state index is 11.5. The van der Waals surface area contributed by atoms with Crippen molar-refractivity contribution in [3.63, 3.8) is 0 Å². The van der Waals surface area contributed by atoms with Gasteiger partial charge in [0.25, 0.3) is 0 Å². The fourth-order valence-electron chi connectivity index (χ4n) is 2.26. The number of aryl methyl sites for hydroxylation is 1. The van der Waals surface area contributed by atoms with E-state index in [4.69, 9.17) is 4.52 Å². The van der Waals surface area contributed by atoms with E-state index in [1.54, 1.807) is 6.20 Å². The fourth-order valence-corrected chi connectivity index (χ4v) is 2.26. The molecule has 112 valence electrons. The summed E-state index contributed by atoms with van der Waals surface area (Å²) in [6, 6.07) is 3.74. The van der Waals surface area contributed by atoms with Crippen LogP contribution in [0.3, 0.4) is 0 Å². The quantitative estimate of drug-likeness (QED) is 0.879. The van der Waals surface area contributed by atoms with Gasteiger partial charge in [-0.1, -0.05) is 19.0 Å². The lowest BCUT2D eigenvalue weighted by Gasteiger charge is -2.24. The lowest BCUT2D eigenvalue weighted by atomic mass is 9.79. The molecular weight excluding hydrogens is 270 g/mol. The molecule has 0 aromatic carbocycles. The van der Waals surface area contributed by atoms with Crippen molar-refractivity contribution in [3.05, 3.63) is 29.8 Å². The summed E-state index contributed by atoms with van der Waals surface area (Å²) >= 11 is 0.